The van der Waals surface area contributed by atoms with E-state index in [9.17, 15) is 13.6 Å². The van der Waals surface area contributed by atoms with Crippen molar-refractivity contribution >= 4 is 22.6 Å². The third-order valence-corrected chi connectivity index (χ3v) is 5.23. The summed E-state index contributed by atoms with van der Waals surface area (Å²) in [5.74, 6) is -1.22. The maximum Gasteiger partial charge on any atom is 0.409 e. The number of amides is 1. The van der Waals surface area contributed by atoms with E-state index in [1.54, 1.807) is 11.8 Å². The molecule has 1 aliphatic heterocycles. The molecular formula is C18H21F2N3O2S. The zero-order valence-electron chi connectivity index (χ0n) is 14.7. The molecule has 1 amide bonds. The smallest absolute Gasteiger partial charge is 0.409 e. The molecule has 2 aromatic rings. The molecule has 1 aromatic heterocycles. The van der Waals surface area contributed by atoms with E-state index in [4.69, 9.17) is 4.74 Å². The van der Waals surface area contributed by atoms with Crippen molar-refractivity contribution in [1.82, 2.24) is 9.88 Å². The molecule has 0 atom stereocenters. The molecule has 26 heavy (non-hydrogen) atoms. The van der Waals surface area contributed by atoms with E-state index in [0.717, 1.165) is 23.8 Å². The molecule has 0 aliphatic carbocycles. The number of rotatable bonds is 4. The van der Waals surface area contributed by atoms with Gasteiger partial charge in [-0.3, -0.25) is 0 Å². The van der Waals surface area contributed by atoms with Crippen LogP contribution in [-0.2, 0) is 4.74 Å². The highest BCUT2D eigenvalue weighted by Gasteiger charge is 2.24. The summed E-state index contributed by atoms with van der Waals surface area (Å²) >= 11 is 1.44. The number of nitrogens with one attached hydrogen (secondary N) is 1. The number of nitrogens with zero attached hydrogens (tertiary/aromatic N) is 2. The second-order valence-electron chi connectivity index (χ2n) is 6.15. The summed E-state index contributed by atoms with van der Waals surface area (Å²) < 4.78 is 32.1. The number of likely N-dealkylation sites (tertiary alicyclic amines) is 1. The summed E-state index contributed by atoms with van der Waals surface area (Å²) in [7, 11) is 0. The Kier molecular flexibility index (Phi) is 5.70. The highest BCUT2D eigenvalue weighted by atomic mass is 32.1. The predicted octanol–water partition coefficient (Wildman–Crippen LogP) is 4.43. The zero-order valence-corrected chi connectivity index (χ0v) is 15.5. The molecule has 0 radical (unpaired) electrons. The molecule has 3 rings (SSSR count). The Labute approximate surface area is 155 Å². The minimum atomic E-state index is -0.618. The van der Waals surface area contributed by atoms with Gasteiger partial charge in [-0.2, -0.15) is 0 Å². The van der Waals surface area contributed by atoms with Gasteiger partial charge in [0, 0.05) is 35.6 Å². The summed E-state index contributed by atoms with van der Waals surface area (Å²) in [4.78, 5) is 18.8. The summed E-state index contributed by atoms with van der Waals surface area (Å²) in [6, 6.07) is 3.70. The number of benzene rings is 1. The van der Waals surface area contributed by atoms with Gasteiger partial charge in [0.1, 0.15) is 11.6 Å². The van der Waals surface area contributed by atoms with Crippen molar-refractivity contribution in [3.8, 4) is 11.3 Å². The molecule has 8 heteroatoms. The number of hydrogen-bond acceptors (Lipinski definition) is 5. The highest BCUT2D eigenvalue weighted by Crippen LogP contribution is 2.33. The van der Waals surface area contributed by atoms with Crippen LogP contribution < -0.4 is 5.32 Å². The first kappa shape index (κ1) is 18.6. The molecule has 140 valence electrons. The van der Waals surface area contributed by atoms with E-state index < -0.39 is 11.6 Å². The number of thiazole rings is 1. The van der Waals surface area contributed by atoms with Crippen LogP contribution in [0.25, 0.3) is 11.3 Å². The standard InChI is InChI=1S/C18H21F2N3O2S/c1-3-25-18(24)23-8-6-13(7-9-23)21-17-22-16(11(2)26-17)14-5-4-12(19)10-15(14)20/h4-5,10,13H,3,6-9H2,1-2H3,(H,21,22). The van der Waals surface area contributed by atoms with E-state index in [1.165, 1.54) is 23.5 Å². The first-order valence-electron chi connectivity index (χ1n) is 8.59. The van der Waals surface area contributed by atoms with Crippen molar-refractivity contribution in [3.63, 3.8) is 0 Å². The molecule has 0 spiro atoms. The maximum absolute atomic E-state index is 14.0. The van der Waals surface area contributed by atoms with Gasteiger partial charge in [-0.15, -0.1) is 11.3 Å². The molecule has 2 heterocycles. The molecule has 5 nitrogen and oxygen atoms in total. The van der Waals surface area contributed by atoms with E-state index in [-0.39, 0.29) is 12.1 Å². The van der Waals surface area contributed by atoms with E-state index >= 15 is 0 Å². The minimum Gasteiger partial charge on any atom is -0.450 e. The fourth-order valence-corrected chi connectivity index (χ4v) is 3.89. The number of hydrogen-bond donors (Lipinski definition) is 1. The van der Waals surface area contributed by atoms with E-state index in [2.05, 4.69) is 10.3 Å². The molecule has 1 aromatic carbocycles. The van der Waals surface area contributed by atoms with Crippen molar-refractivity contribution < 1.29 is 18.3 Å². The minimum absolute atomic E-state index is 0.192. The molecule has 0 saturated carbocycles. The molecule has 1 N–H and O–H groups in total. The van der Waals surface area contributed by atoms with Gasteiger partial charge in [-0.25, -0.2) is 18.6 Å². The number of carbonyl (C=O) groups excluding carboxylic acids is 1. The monoisotopic (exact) mass is 381 g/mol. The normalized spacial score (nSPS) is 15.2. The number of halogens is 2. The van der Waals surface area contributed by atoms with Gasteiger partial charge in [-0.1, -0.05) is 0 Å². The Hall–Kier alpha value is -2.22. The maximum atomic E-state index is 14.0. The highest BCUT2D eigenvalue weighted by molar-refractivity contribution is 7.16. The third kappa shape index (κ3) is 4.12. The molecule has 1 saturated heterocycles. The van der Waals surface area contributed by atoms with Gasteiger partial charge >= 0.3 is 6.09 Å². The summed E-state index contributed by atoms with van der Waals surface area (Å²) in [6.07, 6.45) is 1.31. The number of anilines is 1. The van der Waals surface area contributed by atoms with Crippen LogP contribution in [0.4, 0.5) is 18.7 Å². The van der Waals surface area contributed by atoms with Crippen molar-refractivity contribution in [1.29, 1.82) is 0 Å². The first-order valence-corrected chi connectivity index (χ1v) is 9.40. The van der Waals surface area contributed by atoms with Gasteiger partial charge in [0.05, 0.1) is 12.3 Å². The van der Waals surface area contributed by atoms with Crippen LogP contribution in [0.5, 0.6) is 0 Å². The second-order valence-corrected chi connectivity index (χ2v) is 7.36. The summed E-state index contributed by atoms with van der Waals surface area (Å²) in [6.45, 7) is 5.28. The fraction of sp³-hybridized carbons (Fsp3) is 0.444. The van der Waals surface area contributed by atoms with Crippen molar-refractivity contribution in [2.24, 2.45) is 0 Å². The molecule has 1 fully saturated rings. The largest absolute Gasteiger partial charge is 0.450 e. The number of aromatic nitrogens is 1. The number of carbonyl (C=O) groups is 1. The Morgan fingerprint density at radius 1 is 1.38 bits per heavy atom. The van der Waals surface area contributed by atoms with Gasteiger partial charge in [-0.05, 0) is 38.8 Å². The van der Waals surface area contributed by atoms with Crippen molar-refractivity contribution in [2.45, 2.75) is 32.7 Å². The van der Waals surface area contributed by atoms with Crippen LogP contribution in [0.15, 0.2) is 18.2 Å². The lowest BCUT2D eigenvalue weighted by molar-refractivity contribution is 0.0983. The number of piperidine rings is 1. The van der Waals surface area contributed by atoms with Gasteiger partial charge in [0.15, 0.2) is 5.13 Å². The van der Waals surface area contributed by atoms with Gasteiger partial charge < -0.3 is 15.0 Å². The lowest BCUT2D eigenvalue weighted by atomic mass is 10.1. The lowest BCUT2D eigenvalue weighted by Crippen LogP contribution is -2.42. The van der Waals surface area contributed by atoms with E-state index in [1.807, 2.05) is 6.92 Å². The Balaban J connectivity index is 1.64. The lowest BCUT2D eigenvalue weighted by Gasteiger charge is -2.31. The average Bonchev–Trinajstić information content (AvgIpc) is 2.96. The summed E-state index contributed by atoms with van der Waals surface area (Å²) in [5.41, 5.74) is 0.823. The van der Waals surface area contributed by atoms with Crippen LogP contribution >= 0.6 is 11.3 Å². The van der Waals surface area contributed by atoms with Crippen LogP contribution in [0.2, 0.25) is 0 Å². The first-order chi connectivity index (χ1) is 12.5. The Bertz CT molecular complexity index is 789. The van der Waals surface area contributed by atoms with Crippen molar-refractivity contribution in [2.75, 3.05) is 25.0 Å². The molecular weight excluding hydrogens is 360 g/mol. The van der Waals surface area contributed by atoms with Gasteiger partial charge in [0.2, 0.25) is 0 Å². The SMILES string of the molecule is CCOC(=O)N1CCC(Nc2nc(-c3ccc(F)cc3F)c(C)s2)CC1. The molecule has 1 aliphatic rings. The van der Waals surface area contributed by atoms with Crippen LogP contribution in [0, 0.1) is 18.6 Å². The van der Waals surface area contributed by atoms with Gasteiger partial charge in [0.25, 0.3) is 0 Å². The Morgan fingerprint density at radius 3 is 2.77 bits per heavy atom. The quantitative estimate of drug-likeness (QED) is 0.851. The summed E-state index contributed by atoms with van der Waals surface area (Å²) in [5, 5.41) is 4.07. The predicted molar refractivity (Wildman–Crippen MR) is 97.4 cm³/mol. The second kappa shape index (κ2) is 7.99. The fourth-order valence-electron chi connectivity index (χ4n) is 2.99. The van der Waals surface area contributed by atoms with Crippen LogP contribution in [-0.4, -0.2) is 41.7 Å². The zero-order chi connectivity index (χ0) is 18.7. The van der Waals surface area contributed by atoms with Crippen LogP contribution in [0.3, 0.4) is 0 Å². The van der Waals surface area contributed by atoms with Crippen LogP contribution in [0.1, 0.15) is 24.6 Å². The number of aryl methyl sites for hydroxylation is 1. The molecule has 0 unspecified atom stereocenters. The van der Waals surface area contributed by atoms with E-state index in [0.29, 0.717) is 36.1 Å². The van der Waals surface area contributed by atoms with Crippen molar-refractivity contribution in [3.05, 3.63) is 34.7 Å². The molecule has 0 bridgehead atoms. The number of ether oxygens (including phenoxy) is 1. The topological polar surface area (TPSA) is 54.5 Å². The Morgan fingerprint density at radius 2 is 2.12 bits per heavy atom. The average molecular weight is 381 g/mol. The third-order valence-electron chi connectivity index (χ3n) is 4.33.